The molecule has 3 aliphatic rings. The van der Waals surface area contributed by atoms with Gasteiger partial charge in [-0.1, -0.05) is 12.1 Å². The Morgan fingerprint density at radius 1 is 1.22 bits per heavy atom. The molecule has 0 saturated carbocycles. The molecule has 1 N–H and O–H groups in total. The zero-order valence-corrected chi connectivity index (χ0v) is 19.2. The molecule has 3 fully saturated rings. The van der Waals surface area contributed by atoms with E-state index in [1.54, 1.807) is 0 Å². The van der Waals surface area contributed by atoms with E-state index in [1.165, 1.54) is 5.56 Å². The number of ether oxygens (including phenoxy) is 2. The summed E-state index contributed by atoms with van der Waals surface area (Å²) in [4.78, 5) is 27.9. The molecule has 3 heterocycles. The van der Waals surface area contributed by atoms with Crippen molar-refractivity contribution >= 4 is 12.4 Å². The number of hydrogen-bond acceptors (Lipinski definition) is 6. The quantitative estimate of drug-likeness (QED) is 0.483. The Labute approximate surface area is 191 Å². The molecule has 0 aromatic heterocycles. The van der Waals surface area contributed by atoms with Gasteiger partial charge in [0, 0.05) is 38.8 Å². The Balaban J connectivity index is 0.000000913. The third-order valence-electron chi connectivity index (χ3n) is 6.54. The van der Waals surface area contributed by atoms with Crippen molar-refractivity contribution in [2.24, 2.45) is 0 Å². The first kappa shape index (κ1) is 24.5. The fourth-order valence-electron chi connectivity index (χ4n) is 4.76. The molecule has 1 aromatic rings. The van der Waals surface area contributed by atoms with E-state index in [4.69, 9.17) is 19.4 Å². The number of nitrogens with zero attached hydrogens (tertiary/aromatic N) is 3. The second-order valence-electron chi connectivity index (χ2n) is 8.70. The predicted octanol–water partition coefficient (Wildman–Crippen LogP) is 2.07. The number of benzene rings is 1. The van der Waals surface area contributed by atoms with Crippen molar-refractivity contribution in [3.05, 3.63) is 29.8 Å². The maximum absolute atomic E-state index is 12.6. The normalized spacial score (nSPS) is 23.9. The zero-order chi connectivity index (χ0) is 22.8. The molecular formula is C24H37N3O5. The van der Waals surface area contributed by atoms with E-state index >= 15 is 0 Å². The van der Waals surface area contributed by atoms with E-state index in [-0.39, 0.29) is 12.5 Å². The molecule has 0 bridgehead atoms. The number of rotatable bonds is 8. The second-order valence-corrected chi connectivity index (χ2v) is 8.70. The van der Waals surface area contributed by atoms with Crippen LogP contribution in [0.5, 0.6) is 5.75 Å². The average Bonchev–Trinajstić information content (AvgIpc) is 3.27. The van der Waals surface area contributed by atoms with Gasteiger partial charge in [-0.15, -0.1) is 0 Å². The van der Waals surface area contributed by atoms with E-state index in [0.717, 1.165) is 90.5 Å². The molecule has 0 unspecified atom stereocenters. The number of hydrogen-bond donors (Lipinski definition) is 1. The third kappa shape index (κ3) is 6.92. The monoisotopic (exact) mass is 447 g/mol. The number of morpholine rings is 1. The summed E-state index contributed by atoms with van der Waals surface area (Å²) < 4.78 is 11.4. The van der Waals surface area contributed by atoms with Crippen LogP contribution in [0.3, 0.4) is 0 Å². The Morgan fingerprint density at radius 2 is 2.00 bits per heavy atom. The highest BCUT2D eigenvalue weighted by Gasteiger charge is 2.39. The maximum atomic E-state index is 12.6. The Hall–Kier alpha value is -2.16. The molecule has 1 aromatic carbocycles. The lowest BCUT2D eigenvalue weighted by molar-refractivity contribution is -0.143. The summed E-state index contributed by atoms with van der Waals surface area (Å²) in [5.74, 6) is 1.23. The largest absolute Gasteiger partial charge is 0.494 e. The molecule has 1 amide bonds. The summed E-state index contributed by atoms with van der Waals surface area (Å²) in [5.41, 5.74) is 1.22. The molecule has 2 atom stereocenters. The number of piperazine rings is 1. The Morgan fingerprint density at radius 3 is 2.78 bits per heavy atom. The molecule has 8 nitrogen and oxygen atoms in total. The van der Waals surface area contributed by atoms with Crippen LogP contribution in [0, 0.1) is 0 Å². The fourth-order valence-corrected chi connectivity index (χ4v) is 4.76. The van der Waals surface area contributed by atoms with Crippen LogP contribution >= 0.6 is 0 Å². The molecule has 178 valence electrons. The van der Waals surface area contributed by atoms with Gasteiger partial charge >= 0.3 is 0 Å². The van der Waals surface area contributed by atoms with Crippen LogP contribution in [0.15, 0.2) is 24.3 Å². The van der Waals surface area contributed by atoms with Gasteiger partial charge in [-0.25, -0.2) is 0 Å². The summed E-state index contributed by atoms with van der Waals surface area (Å²) in [6.07, 6.45) is 4.51. The van der Waals surface area contributed by atoms with Gasteiger partial charge < -0.3 is 19.5 Å². The predicted molar refractivity (Wildman–Crippen MR) is 122 cm³/mol. The summed E-state index contributed by atoms with van der Waals surface area (Å²) in [5, 5.41) is 6.89. The number of unbranched alkanes of at least 4 members (excludes halogenated alkanes) is 1. The van der Waals surface area contributed by atoms with Gasteiger partial charge in [0.2, 0.25) is 5.91 Å². The van der Waals surface area contributed by atoms with E-state index < -0.39 is 0 Å². The lowest BCUT2D eigenvalue weighted by Gasteiger charge is -2.41. The van der Waals surface area contributed by atoms with Gasteiger partial charge in [0.25, 0.3) is 6.47 Å². The van der Waals surface area contributed by atoms with Crippen LogP contribution in [0.1, 0.15) is 38.2 Å². The fraction of sp³-hybridized carbons (Fsp3) is 0.667. The molecule has 4 rings (SSSR count). The maximum Gasteiger partial charge on any atom is 0.290 e. The number of carbonyl (C=O) groups is 2. The Bertz CT molecular complexity index is 725. The zero-order valence-electron chi connectivity index (χ0n) is 19.2. The van der Waals surface area contributed by atoms with Crippen molar-refractivity contribution in [2.45, 2.75) is 51.2 Å². The summed E-state index contributed by atoms with van der Waals surface area (Å²) in [7, 11) is 0. The highest BCUT2D eigenvalue weighted by molar-refractivity contribution is 5.83. The minimum absolute atomic E-state index is 0.0332. The van der Waals surface area contributed by atoms with Gasteiger partial charge in [-0.3, -0.25) is 19.4 Å². The highest BCUT2D eigenvalue weighted by atomic mass is 16.5. The third-order valence-corrected chi connectivity index (χ3v) is 6.54. The van der Waals surface area contributed by atoms with Crippen molar-refractivity contribution in [1.29, 1.82) is 0 Å². The molecule has 0 radical (unpaired) electrons. The van der Waals surface area contributed by atoms with Crippen LogP contribution in [-0.2, 0) is 20.9 Å². The smallest absolute Gasteiger partial charge is 0.290 e. The average molecular weight is 448 g/mol. The van der Waals surface area contributed by atoms with Crippen LogP contribution < -0.4 is 4.74 Å². The van der Waals surface area contributed by atoms with Crippen LogP contribution in [0.4, 0.5) is 0 Å². The van der Waals surface area contributed by atoms with Crippen molar-refractivity contribution in [1.82, 2.24) is 14.7 Å². The number of amides is 1. The molecular weight excluding hydrogens is 410 g/mol. The topological polar surface area (TPSA) is 82.5 Å². The van der Waals surface area contributed by atoms with Gasteiger partial charge in [0.15, 0.2) is 0 Å². The molecule has 0 spiro atoms. The molecule has 3 aliphatic heterocycles. The molecule has 32 heavy (non-hydrogen) atoms. The molecule has 0 aliphatic carbocycles. The summed E-state index contributed by atoms with van der Waals surface area (Å²) >= 11 is 0. The SMILES string of the molecule is C[C@@H]1C(=O)N2CCC[C@H]2CN1Cc1cccc(OCCCCN2CCOCC2)c1.O=CO. The van der Waals surface area contributed by atoms with Gasteiger partial charge in [0.05, 0.1) is 25.9 Å². The van der Waals surface area contributed by atoms with Crippen molar-refractivity contribution in [3.8, 4) is 5.75 Å². The van der Waals surface area contributed by atoms with Crippen LogP contribution in [-0.4, -0.2) is 96.8 Å². The van der Waals surface area contributed by atoms with E-state index in [2.05, 4.69) is 32.9 Å². The minimum Gasteiger partial charge on any atom is -0.494 e. The molecule has 3 saturated heterocycles. The standard InChI is InChI=1S/C23H35N3O3.CH2O2/c1-19-23(27)26-10-5-7-21(26)18-25(19)17-20-6-4-8-22(16-20)29-13-3-2-9-24-11-14-28-15-12-24;2-1-3/h4,6,8,16,19,21H,2-3,5,7,9-15,17-18H2,1H3;1H,(H,2,3)/t19-,21+;/m1./s1. The van der Waals surface area contributed by atoms with Gasteiger partial charge in [-0.05, 0) is 56.8 Å². The lowest BCUT2D eigenvalue weighted by atomic mass is 10.1. The number of fused-ring (bicyclic) bond motifs is 1. The summed E-state index contributed by atoms with van der Waals surface area (Å²) in [6, 6.07) is 8.76. The first-order chi connectivity index (χ1) is 15.6. The first-order valence-corrected chi connectivity index (χ1v) is 11.8. The van der Waals surface area contributed by atoms with Crippen molar-refractivity contribution in [3.63, 3.8) is 0 Å². The second kappa shape index (κ2) is 12.8. The van der Waals surface area contributed by atoms with Crippen LogP contribution in [0.25, 0.3) is 0 Å². The number of carboxylic acid groups (broad SMARTS) is 1. The molecule has 8 heteroatoms. The van der Waals surface area contributed by atoms with Crippen molar-refractivity contribution < 1.29 is 24.2 Å². The van der Waals surface area contributed by atoms with E-state index in [0.29, 0.717) is 11.9 Å². The lowest BCUT2D eigenvalue weighted by Crippen LogP contribution is -2.58. The number of carbonyl (C=O) groups excluding carboxylic acids is 1. The Kier molecular flexibility index (Phi) is 9.77. The summed E-state index contributed by atoms with van der Waals surface area (Å²) in [6.45, 7) is 10.3. The van der Waals surface area contributed by atoms with Gasteiger partial charge in [-0.2, -0.15) is 0 Å². The first-order valence-electron chi connectivity index (χ1n) is 11.8. The minimum atomic E-state index is -0.250. The van der Waals surface area contributed by atoms with Gasteiger partial charge in [0.1, 0.15) is 5.75 Å². The van der Waals surface area contributed by atoms with Crippen LogP contribution in [0.2, 0.25) is 0 Å². The van der Waals surface area contributed by atoms with E-state index in [9.17, 15) is 4.79 Å². The van der Waals surface area contributed by atoms with E-state index in [1.807, 2.05) is 13.0 Å². The highest BCUT2D eigenvalue weighted by Crippen LogP contribution is 2.27. The van der Waals surface area contributed by atoms with Crippen molar-refractivity contribution in [2.75, 3.05) is 52.5 Å².